The van der Waals surface area contributed by atoms with Crippen LogP contribution in [0.1, 0.15) is 17.5 Å². The molecule has 0 spiro atoms. The van der Waals surface area contributed by atoms with Crippen molar-refractivity contribution in [2.75, 3.05) is 19.4 Å². The lowest BCUT2D eigenvalue weighted by Gasteiger charge is -2.19. The van der Waals surface area contributed by atoms with Crippen molar-refractivity contribution in [2.24, 2.45) is 0 Å². The van der Waals surface area contributed by atoms with E-state index < -0.39 is 6.09 Å². The topological polar surface area (TPSA) is 75.8 Å². The van der Waals surface area contributed by atoms with E-state index in [1.165, 1.54) is 10.5 Å². The number of nitrogens with two attached hydrogens (primary N) is 1. The number of aryl methyl sites for hydroxylation is 1. The lowest BCUT2D eigenvalue weighted by Crippen LogP contribution is -2.30. The fourth-order valence-electron chi connectivity index (χ4n) is 2.42. The molecule has 122 valence electrons. The Bertz CT molecular complexity index is 641. The van der Waals surface area contributed by atoms with Gasteiger partial charge in [-0.25, -0.2) is 4.79 Å². The number of benzene rings is 2. The molecule has 0 atom stereocenters. The molecular formula is C18H22N2O3. The number of carboxylic acid groups (broad SMARTS) is 1. The molecule has 0 heterocycles. The fourth-order valence-corrected chi connectivity index (χ4v) is 2.42. The van der Waals surface area contributed by atoms with Gasteiger partial charge in [-0.05, 0) is 48.2 Å². The van der Waals surface area contributed by atoms with Gasteiger partial charge in [0.05, 0.1) is 7.11 Å². The zero-order chi connectivity index (χ0) is 16.7. The summed E-state index contributed by atoms with van der Waals surface area (Å²) in [4.78, 5) is 12.8. The van der Waals surface area contributed by atoms with E-state index in [0.29, 0.717) is 18.8 Å². The Hall–Kier alpha value is -2.69. The van der Waals surface area contributed by atoms with Gasteiger partial charge in [0.25, 0.3) is 0 Å². The summed E-state index contributed by atoms with van der Waals surface area (Å²) >= 11 is 0. The van der Waals surface area contributed by atoms with E-state index in [1.807, 2.05) is 36.4 Å². The van der Waals surface area contributed by atoms with E-state index in [4.69, 9.17) is 10.5 Å². The van der Waals surface area contributed by atoms with Crippen molar-refractivity contribution in [1.82, 2.24) is 4.90 Å². The predicted octanol–water partition coefficient (Wildman–Crippen LogP) is 3.39. The molecule has 2 aromatic carbocycles. The lowest BCUT2D eigenvalue weighted by atomic mass is 10.1. The first-order chi connectivity index (χ1) is 11.1. The second-order valence-electron chi connectivity index (χ2n) is 5.40. The third-order valence-electron chi connectivity index (χ3n) is 3.65. The molecule has 0 aliphatic rings. The first-order valence-corrected chi connectivity index (χ1v) is 7.53. The van der Waals surface area contributed by atoms with Crippen LogP contribution in [-0.4, -0.2) is 29.8 Å². The third-order valence-corrected chi connectivity index (χ3v) is 3.65. The van der Waals surface area contributed by atoms with E-state index in [9.17, 15) is 9.90 Å². The number of ether oxygens (including phenoxy) is 1. The minimum Gasteiger partial charge on any atom is -0.497 e. The van der Waals surface area contributed by atoms with Gasteiger partial charge in [0, 0.05) is 18.8 Å². The maximum atomic E-state index is 11.4. The van der Waals surface area contributed by atoms with Crippen LogP contribution in [0, 0.1) is 0 Å². The van der Waals surface area contributed by atoms with Crippen LogP contribution >= 0.6 is 0 Å². The maximum Gasteiger partial charge on any atom is 0.407 e. The van der Waals surface area contributed by atoms with E-state index in [0.717, 1.165) is 24.2 Å². The van der Waals surface area contributed by atoms with Crippen LogP contribution in [0.3, 0.4) is 0 Å². The second-order valence-corrected chi connectivity index (χ2v) is 5.40. The minimum atomic E-state index is -0.915. The largest absolute Gasteiger partial charge is 0.497 e. The molecule has 0 fully saturated rings. The van der Waals surface area contributed by atoms with Crippen molar-refractivity contribution < 1.29 is 14.6 Å². The van der Waals surface area contributed by atoms with Gasteiger partial charge >= 0.3 is 6.09 Å². The van der Waals surface area contributed by atoms with Crippen molar-refractivity contribution in [3.8, 4) is 5.75 Å². The van der Waals surface area contributed by atoms with Crippen LogP contribution in [0.5, 0.6) is 5.75 Å². The van der Waals surface area contributed by atoms with Gasteiger partial charge in [0.15, 0.2) is 0 Å². The molecule has 2 rings (SSSR count). The molecule has 0 bridgehead atoms. The first kappa shape index (κ1) is 16.7. The summed E-state index contributed by atoms with van der Waals surface area (Å²) in [5.74, 6) is 0.822. The van der Waals surface area contributed by atoms with E-state index in [2.05, 4.69) is 0 Å². The highest BCUT2D eigenvalue weighted by Gasteiger charge is 2.12. The van der Waals surface area contributed by atoms with Crippen LogP contribution in [0.4, 0.5) is 10.5 Å². The average Bonchev–Trinajstić information content (AvgIpc) is 2.54. The quantitative estimate of drug-likeness (QED) is 0.768. The Morgan fingerprint density at radius 2 is 1.91 bits per heavy atom. The fraction of sp³-hybridized carbons (Fsp3) is 0.278. The minimum absolute atomic E-state index is 0.350. The van der Waals surface area contributed by atoms with E-state index >= 15 is 0 Å². The maximum absolute atomic E-state index is 11.4. The molecule has 2 aromatic rings. The molecule has 0 aromatic heterocycles. The Labute approximate surface area is 136 Å². The molecule has 0 radical (unpaired) electrons. The number of anilines is 1. The highest BCUT2D eigenvalue weighted by molar-refractivity contribution is 5.65. The van der Waals surface area contributed by atoms with Crippen LogP contribution in [0.25, 0.3) is 0 Å². The summed E-state index contributed by atoms with van der Waals surface area (Å²) < 4.78 is 5.12. The highest BCUT2D eigenvalue weighted by Crippen LogP contribution is 2.14. The summed E-state index contributed by atoms with van der Waals surface area (Å²) in [6.07, 6.45) is 0.674. The Balaban J connectivity index is 1.88. The summed E-state index contributed by atoms with van der Waals surface area (Å²) in [5.41, 5.74) is 8.45. The summed E-state index contributed by atoms with van der Waals surface area (Å²) in [6.45, 7) is 0.832. The smallest absolute Gasteiger partial charge is 0.407 e. The molecule has 23 heavy (non-hydrogen) atoms. The number of hydrogen-bond donors (Lipinski definition) is 2. The molecule has 0 unspecified atom stereocenters. The van der Waals surface area contributed by atoms with Crippen molar-refractivity contribution in [2.45, 2.75) is 19.4 Å². The Morgan fingerprint density at radius 1 is 1.17 bits per heavy atom. The molecule has 5 heteroatoms. The Morgan fingerprint density at radius 3 is 2.52 bits per heavy atom. The van der Waals surface area contributed by atoms with Gasteiger partial charge in [0.1, 0.15) is 5.75 Å². The van der Waals surface area contributed by atoms with Crippen LogP contribution in [0.15, 0.2) is 48.5 Å². The van der Waals surface area contributed by atoms with Crippen molar-refractivity contribution in [3.05, 3.63) is 59.7 Å². The number of carbonyl (C=O) groups is 1. The zero-order valence-corrected chi connectivity index (χ0v) is 13.2. The zero-order valence-electron chi connectivity index (χ0n) is 13.2. The summed E-state index contributed by atoms with van der Waals surface area (Å²) in [7, 11) is 1.63. The van der Waals surface area contributed by atoms with Crippen LogP contribution < -0.4 is 10.5 Å². The number of methoxy groups -OCH3 is 1. The standard InChI is InChI=1S/C18H22N2O3/c1-23-17-9-7-14(8-10-17)5-3-11-20(18(21)22)13-15-4-2-6-16(19)12-15/h2,4,6-10,12H,3,5,11,13,19H2,1H3,(H,21,22). The number of rotatable bonds is 7. The van der Waals surface area contributed by atoms with E-state index in [1.54, 1.807) is 19.2 Å². The molecule has 0 aliphatic heterocycles. The van der Waals surface area contributed by atoms with Gasteiger partial charge in [0.2, 0.25) is 0 Å². The molecular weight excluding hydrogens is 292 g/mol. The molecule has 0 saturated heterocycles. The SMILES string of the molecule is COc1ccc(CCCN(Cc2cccc(N)c2)C(=O)O)cc1. The van der Waals surface area contributed by atoms with Gasteiger partial charge in [-0.1, -0.05) is 24.3 Å². The van der Waals surface area contributed by atoms with Gasteiger partial charge in [-0.15, -0.1) is 0 Å². The lowest BCUT2D eigenvalue weighted by molar-refractivity contribution is 0.141. The van der Waals surface area contributed by atoms with E-state index in [-0.39, 0.29) is 0 Å². The molecule has 3 N–H and O–H groups in total. The van der Waals surface area contributed by atoms with Crippen molar-refractivity contribution in [3.63, 3.8) is 0 Å². The Kier molecular flexibility index (Phi) is 5.86. The van der Waals surface area contributed by atoms with Gasteiger partial charge in [-0.3, -0.25) is 0 Å². The third kappa shape index (κ3) is 5.21. The average molecular weight is 314 g/mol. The number of nitrogens with zero attached hydrogens (tertiary/aromatic N) is 1. The number of nitrogen functional groups attached to an aromatic ring is 1. The highest BCUT2D eigenvalue weighted by atomic mass is 16.5. The normalized spacial score (nSPS) is 10.3. The number of amides is 1. The summed E-state index contributed by atoms with van der Waals surface area (Å²) in [6, 6.07) is 15.1. The predicted molar refractivity (Wildman–Crippen MR) is 90.6 cm³/mol. The van der Waals surface area contributed by atoms with Crippen LogP contribution in [-0.2, 0) is 13.0 Å². The molecule has 0 aliphatic carbocycles. The van der Waals surface area contributed by atoms with Gasteiger partial charge in [-0.2, -0.15) is 0 Å². The molecule has 1 amide bonds. The van der Waals surface area contributed by atoms with Crippen LogP contribution in [0.2, 0.25) is 0 Å². The van der Waals surface area contributed by atoms with Crippen molar-refractivity contribution in [1.29, 1.82) is 0 Å². The summed E-state index contributed by atoms with van der Waals surface area (Å²) in [5, 5.41) is 9.35. The molecule has 5 nitrogen and oxygen atoms in total. The second kappa shape index (κ2) is 8.08. The van der Waals surface area contributed by atoms with Crippen molar-refractivity contribution >= 4 is 11.8 Å². The number of hydrogen-bond acceptors (Lipinski definition) is 3. The van der Waals surface area contributed by atoms with Gasteiger partial charge < -0.3 is 20.5 Å². The first-order valence-electron chi connectivity index (χ1n) is 7.53. The molecule has 0 saturated carbocycles. The monoisotopic (exact) mass is 314 g/mol.